The number of allylic oxidation sites excluding steroid dienone is 2. The second-order valence-corrected chi connectivity index (χ2v) is 6.46. The molecule has 0 amide bonds. The second kappa shape index (κ2) is 7.18. The van der Waals surface area contributed by atoms with E-state index < -0.39 is 0 Å². The van der Waals surface area contributed by atoms with Crippen LogP contribution in [-0.4, -0.2) is 16.9 Å². The van der Waals surface area contributed by atoms with E-state index in [0.29, 0.717) is 17.0 Å². The SMILES string of the molecule is CC/C=C\C(=O)c1cc(-c2ccc(C)cc2F)c2c(n1)O[C@@H](C)CC2. The number of benzene rings is 1. The molecule has 0 fully saturated rings. The Morgan fingerprint density at radius 3 is 2.88 bits per heavy atom. The fraction of sp³-hybridized carbons (Fsp3) is 0.333. The number of aryl methyl sites for hydroxylation is 1. The molecule has 3 rings (SSSR count). The summed E-state index contributed by atoms with van der Waals surface area (Å²) in [7, 11) is 0. The number of hydrogen-bond donors (Lipinski definition) is 0. The molecule has 1 aromatic heterocycles. The van der Waals surface area contributed by atoms with E-state index in [1.54, 1.807) is 18.2 Å². The molecule has 1 aliphatic rings. The van der Waals surface area contributed by atoms with Crippen molar-refractivity contribution < 1.29 is 13.9 Å². The second-order valence-electron chi connectivity index (χ2n) is 6.46. The van der Waals surface area contributed by atoms with Gasteiger partial charge in [0.05, 0.1) is 6.10 Å². The van der Waals surface area contributed by atoms with E-state index in [4.69, 9.17) is 4.74 Å². The van der Waals surface area contributed by atoms with Crippen molar-refractivity contribution in [2.75, 3.05) is 0 Å². The van der Waals surface area contributed by atoms with Crippen LogP contribution in [0.4, 0.5) is 4.39 Å². The van der Waals surface area contributed by atoms with Gasteiger partial charge in [-0.15, -0.1) is 0 Å². The Balaban J connectivity index is 2.17. The van der Waals surface area contributed by atoms with Gasteiger partial charge in [0.25, 0.3) is 0 Å². The van der Waals surface area contributed by atoms with Crippen LogP contribution < -0.4 is 4.74 Å². The van der Waals surface area contributed by atoms with Crippen LogP contribution >= 0.6 is 0 Å². The number of carbonyl (C=O) groups excluding carboxylic acids is 1. The molecule has 1 aromatic carbocycles. The van der Waals surface area contributed by atoms with Crippen molar-refractivity contribution in [3.8, 4) is 17.0 Å². The lowest BCUT2D eigenvalue weighted by molar-refractivity contribution is 0.103. The first-order valence-electron chi connectivity index (χ1n) is 8.67. The topological polar surface area (TPSA) is 39.2 Å². The van der Waals surface area contributed by atoms with Gasteiger partial charge in [-0.3, -0.25) is 4.79 Å². The number of hydrogen-bond acceptors (Lipinski definition) is 3. The van der Waals surface area contributed by atoms with Gasteiger partial charge in [-0.2, -0.15) is 0 Å². The summed E-state index contributed by atoms with van der Waals surface area (Å²) >= 11 is 0. The molecule has 0 spiro atoms. The first kappa shape index (κ1) is 17.3. The molecule has 2 heterocycles. The van der Waals surface area contributed by atoms with Crippen LogP contribution in [0.15, 0.2) is 36.4 Å². The van der Waals surface area contributed by atoms with E-state index in [1.165, 1.54) is 12.1 Å². The number of carbonyl (C=O) groups is 1. The van der Waals surface area contributed by atoms with Crippen LogP contribution in [0.5, 0.6) is 5.88 Å². The molecule has 25 heavy (non-hydrogen) atoms. The Kier molecular flexibility index (Phi) is 4.98. The summed E-state index contributed by atoms with van der Waals surface area (Å²) < 4.78 is 20.4. The summed E-state index contributed by atoms with van der Waals surface area (Å²) in [6.07, 6.45) is 5.70. The van der Waals surface area contributed by atoms with Gasteiger partial charge in [0, 0.05) is 11.1 Å². The summed E-state index contributed by atoms with van der Waals surface area (Å²) in [6, 6.07) is 6.83. The smallest absolute Gasteiger partial charge is 0.218 e. The number of aromatic nitrogens is 1. The molecule has 0 saturated carbocycles. The van der Waals surface area contributed by atoms with Crippen LogP contribution in [-0.2, 0) is 6.42 Å². The molecule has 130 valence electrons. The van der Waals surface area contributed by atoms with Crippen molar-refractivity contribution in [2.45, 2.75) is 46.1 Å². The average molecular weight is 339 g/mol. The molecule has 0 N–H and O–H groups in total. The van der Waals surface area contributed by atoms with Crippen LogP contribution in [0, 0.1) is 12.7 Å². The third kappa shape index (κ3) is 3.63. The highest BCUT2D eigenvalue weighted by Gasteiger charge is 2.24. The van der Waals surface area contributed by atoms with E-state index in [2.05, 4.69) is 4.98 Å². The molecule has 0 saturated heterocycles. The van der Waals surface area contributed by atoms with Crippen molar-refractivity contribution in [3.05, 3.63) is 59.1 Å². The fourth-order valence-corrected chi connectivity index (χ4v) is 3.00. The van der Waals surface area contributed by atoms with E-state index in [9.17, 15) is 9.18 Å². The Hall–Kier alpha value is -2.49. The Bertz CT molecular complexity index is 842. The first-order chi connectivity index (χ1) is 12.0. The monoisotopic (exact) mass is 339 g/mol. The highest BCUT2D eigenvalue weighted by atomic mass is 19.1. The van der Waals surface area contributed by atoms with Crippen LogP contribution in [0.2, 0.25) is 0 Å². The van der Waals surface area contributed by atoms with E-state index in [-0.39, 0.29) is 23.4 Å². The Morgan fingerprint density at radius 2 is 2.16 bits per heavy atom. The Morgan fingerprint density at radius 1 is 1.36 bits per heavy atom. The Labute approximate surface area is 147 Å². The molecule has 1 aliphatic heterocycles. The lowest BCUT2D eigenvalue weighted by Crippen LogP contribution is -2.21. The average Bonchev–Trinajstić information content (AvgIpc) is 2.58. The van der Waals surface area contributed by atoms with Gasteiger partial charge in [-0.05, 0) is 62.4 Å². The van der Waals surface area contributed by atoms with E-state index in [0.717, 1.165) is 30.4 Å². The van der Waals surface area contributed by atoms with Crippen molar-refractivity contribution in [2.24, 2.45) is 0 Å². The summed E-state index contributed by atoms with van der Waals surface area (Å²) in [5.41, 5.74) is 3.19. The predicted molar refractivity (Wildman–Crippen MR) is 96.5 cm³/mol. The van der Waals surface area contributed by atoms with Gasteiger partial charge < -0.3 is 4.74 Å². The molecule has 3 nitrogen and oxygen atoms in total. The molecule has 4 heteroatoms. The molecule has 1 atom stereocenters. The maximum atomic E-state index is 14.6. The molecular weight excluding hydrogens is 317 g/mol. The molecule has 2 aromatic rings. The van der Waals surface area contributed by atoms with Gasteiger partial charge >= 0.3 is 0 Å². The van der Waals surface area contributed by atoms with E-state index >= 15 is 0 Å². The van der Waals surface area contributed by atoms with Gasteiger partial charge in [0.2, 0.25) is 11.7 Å². The standard InChI is InChI=1S/C21H22FNO2/c1-4-5-6-20(24)19-12-17(15-9-7-13(2)11-18(15)22)16-10-8-14(3)25-21(16)23-19/h5-7,9,11-12,14H,4,8,10H2,1-3H3/b6-5-/t14-/m0/s1. The number of halogens is 1. The zero-order chi connectivity index (χ0) is 18.0. The van der Waals surface area contributed by atoms with Gasteiger partial charge in [-0.25, -0.2) is 9.37 Å². The van der Waals surface area contributed by atoms with Crippen LogP contribution in [0.25, 0.3) is 11.1 Å². The third-order valence-corrected chi connectivity index (χ3v) is 4.37. The molecule has 0 bridgehead atoms. The lowest BCUT2D eigenvalue weighted by Gasteiger charge is -2.25. The normalized spacial score (nSPS) is 16.6. The van der Waals surface area contributed by atoms with Gasteiger partial charge in [-0.1, -0.05) is 25.1 Å². The van der Waals surface area contributed by atoms with E-state index in [1.807, 2.05) is 26.8 Å². The number of rotatable bonds is 4. The fourth-order valence-electron chi connectivity index (χ4n) is 3.00. The number of fused-ring (bicyclic) bond motifs is 1. The number of pyridine rings is 1. The number of nitrogens with zero attached hydrogens (tertiary/aromatic N) is 1. The van der Waals surface area contributed by atoms with Crippen LogP contribution in [0.3, 0.4) is 0 Å². The van der Waals surface area contributed by atoms with Crippen molar-refractivity contribution >= 4 is 5.78 Å². The van der Waals surface area contributed by atoms with Gasteiger partial charge in [0.1, 0.15) is 11.5 Å². The minimum atomic E-state index is -0.297. The molecule has 0 radical (unpaired) electrons. The highest BCUT2D eigenvalue weighted by molar-refractivity contribution is 6.04. The van der Waals surface area contributed by atoms with Crippen molar-refractivity contribution in [1.29, 1.82) is 0 Å². The maximum Gasteiger partial charge on any atom is 0.218 e. The lowest BCUT2D eigenvalue weighted by atomic mass is 9.93. The minimum absolute atomic E-state index is 0.0345. The summed E-state index contributed by atoms with van der Waals surface area (Å²) in [5.74, 6) is -0.0424. The predicted octanol–water partition coefficient (Wildman–Crippen LogP) is 5.06. The first-order valence-corrected chi connectivity index (χ1v) is 8.67. The quantitative estimate of drug-likeness (QED) is 0.577. The zero-order valence-electron chi connectivity index (χ0n) is 14.8. The summed E-state index contributed by atoms with van der Waals surface area (Å²) in [6.45, 7) is 5.79. The number of ether oxygens (including phenoxy) is 1. The van der Waals surface area contributed by atoms with Crippen LogP contribution in [0.1, 0.15) is 48.3 Å². The summed E-state index contributed by atoms with van der Waals surface area (Å²) in [5, 5.41) is 0. The van der Waals surface area contributed by atoms with Gasteiger partial charge in [0.15, 0.2) is 0 Å². The van der Waals surface area contributed by atoms with Crippen molar-refractivity contribution in [1.82, 2.24) is 4.98 Å². The minimum Gasteiger partial charge on any atom is -0.474 e. The highest BCUT2D eigenvalue weighted by Crippen LogP contribution is 2.36. The largest absolute Gasteiger partial charge is 0.474 e. The summed E-state index contributed by atoms with van der Waals surface area (Å²) in [4.78, 5) is 16.8. The molecule has 0 unspecified atom stereocenters. The molecule has 0 aliphatic carbocycles. The maximum absolute atomic E-state index is 14.6. The number of ketones is 1. The third-order valence-electron chi connectivity index (χ3n) is 4.37. The van der Waals surface area contributed by atoms with Crippen molar-refractivity contribution in [3.63, 3.8) is 0 Å². The zero-order valence-corrected chi connectivity index (χ0v) is 14.8. The molecular formula is C21H22FNO2.